The topological polar surface area (TPSA) is 67.3 Å². The van der Waals surface area contributed by atoms with Crippen LogP contribution in [-0.4, -0.2) is 36.2 Å². The van der Waals surface area contributed by atoms with E-state index in [1.165, 1.54) is 26.6 Å². The summed E-state index contributed by atoms with van der Waals surface area (Å²) in [6.45, 7) is 0. The van der Waals surface area contributed by atoms with Gasteiger partial charge in [0.1, 0.15) is 11.7 Å². The standard InChI is InChI=1S/C24H16Cl3F7N4O2/c1-38(22-35-9-13(40-2)10-36-22)37-21(39)14-4-3-11(5-16(14)24(32,33)34)19(28)8-15(23(29,30)31)12-6-17(25)20(27)18(26)7-12/h3-10,15H,1-2H3,(H,37,39)/b19-8-. The van der Waals surface area contributed by atoms with Crippen LogP contribution in [0.15, 0.2) is 48.8 Å². The lowest BCUT2D eigenvalue weighted by Gasteiger charge is -2.20. The molecule has 0 aliphatic rings. The van der Waals surface area contributed by atoms with E-state index < -0.39 is 52.3 Å². The Morgan fingerprint density at radius 3 is 2.10 bits per heavy atom. The van der Waals surface area contributed by atoms with Crippen LogP contribution in [0, 0.1) is 0 Å². The molecule has 16 heteroatoms. The van der Waals surface area contributed by atoms with Crippen LogP contribution in [0.4, 0.5) is 36.7 Å². The van der Waals surface area contributed by atoms with Gasteiger partial charge >= 0.3 is 12.4 Å². The average molecular weight is 632 g/mol. The van der Waals surface area contributed by atoms with Crippen LogP contribution in [0.1, 0.15) is 33.0 Å². The molecule has 0 aliphatic heterocycles. The molecule has 0 saturated heterocycles. The van der Waals surface area contributed by atoms with Crippen molar-refractivity contribution in [3.8, 4) is 5.75 Å². The molecule has 0 radical (unpaired) electrons. The number of nitrogens with one attached hydrogen (secondary N) is 1. The summed E-state index contributed by atoms with van der Waals surface area (Å²) in [5.74, 6) is -5.39. The van der Waals surface area contributed by atoms with Crippen molar-refractivity contribution >= 4 is 52.5 Å². The fourth-order valence-electron chi connectivity index (χ4n) is 3.35. The number of carbonyl (C=O) groups excluding carboxylic acids is 1. The fourth-order valence-corrected chi connectivity index (χ4v) is 3.97. The fraction of sp³-hybridized carbons (Fsp3) is 0.208. The summed E-state index contributed by atoms with van der Waals surface area (Å²) in [5.41, 5.74) is -1.87. The molecule has 40 heavy (non-hydrogen) atoms. The van der Waals surface area contributed by atoms with Gasteiger partial charge in [0.15, 0.2) is 5.75 Å². The van der Waals surface area contributed by atoms with E-state index in [4.69, 9.17) is 39.5 Å². The summed E-state index contributed by atoms with van der Waals surface area (Å²) < 4.78 is 103. The number of hydrogen-bond donors (Lipinski definition) is 1. The van der Waals surface area contributed by atoms with Crippen molar-refractivity contribution in [3.63, 3.8) is 0 Å². The van der Waals surface area contributed by atoms with Crippen molar-refractivity contribution in [1.29, 1.82) is 0 Å². The Morgan fingerprint density at radius 2 is 1.60 bits per heavy atom. The van der Waals surface area contributed by atoms with Gasteiger partial charge in [-0.2, -0.15) is 26.3 Å². The highest BCUT2D eigenvalue weighted by Gasteiger charge is 2.41. The minimum atomic E-state index is -5.18. The maximum absolute atomic E-state index is 15.0. The van der Waals surface area contributed by atoms with Gasteiger partial charge < -0.3 is 4.74 Å². The molecule has 1 N–H and O–H groups in total. The molecule has 1 atom stereocenters. The molecule has 1 aromatic heterocycles. The molecule has 0 spiro atoms. The van der Waals surface area contributed by atoms with Gasteiger partial charge in [0.25, 0.3) is 5.91 Å². The Bertz CT molecular complexity index is 1410. The van der Waals surface area contributed by atoms with Crippen molar-refractivity contribution < 1.29 is 40.3 Å². The van der Waals surface area contributed by atoms with Gasteiger partial charge in [-0.05, 0) is 35.9 Å². The average Bonchev–Trinajstić information content (AvgIpc) is 2.88. The molecule has 6 nitrogen and oxygen atoms in total. The predicted molar refractivity (Wildman–Crippen MR) is 135 cm³/mol. The molecular weight excluding hydrogens is 616 g/mol. The Balaban J connectivity index is 1.98. The monoisotopic (exact) mass is 630 g/mol. The van der Waals surface area contributed by atoms with Crippen LogP contribution < -0.4 is 15.2 Å². The molecule has 0 saturated carbocycles. The van der Waals surface area contributed by atoms with Crippen molar-refractivity contribution in [2.45, 2.75) is 18.3 Å². The van der Waals surface area contributed by atoms with Crippen molar-refractivity contribution in [2.24, 2.45) is 0 Å². The Morgan fingerprint density at radius 1 is 1.02 bits per heavy atom. The Kier molecular flexibility index (Phi) is 9.42. The first-order valence-electron chi connectivity index (χ1n) is 10.7. The summed E-state index contributed by atoms with van der Waals surface area (Å²) in [6, 6.07) is 3.21. The Hall–Kier alpha value is -3.29. The van der Waals surface area contributed by atoms with Crippen LogP contribution in [0.5, 0.6) is 5.75 Å². The molecule has 3 aromatic rings. The number of aromatic nitrogens is 2. The number of anilines is 1. The van der Waals surface area contributed by atoms with Crippen molar-refractivity contribution in [1.82, 2.24) is 15.4 Å². The molecule has 214 valence electrons. The number of hydrogen-bond acceptors (Lipinski definition) is 5. The first kappa shape index (κ1) is 31.2. The number of methoxy groups -OCH3 is 1. The number of amides is 1. The van der Waals surface area contributed by atoms with E-state index in [1.54, 1.807) is 0 Å². The quantitative estimate of drug-likeness (QED) is 0.163. The third kappa shape index (κ3) is 7.26. The highest BCUT2D eigenvalue weighted by atomic mass is 35.5. The number of alkyl halides is 6. The smallest absolute Gasteiger partial charge is 0.417 e. The lowest BCUT2D eigenvalue weighted by molar-refractivity contribution is -0.140. The summed E-state index contributed by atoms with van der Waals surface area (Å²) in [4.78, 5) is 20.4. The number of allylic oxidation sites excluding steroid dienone is 1. The van der Waals surface area contributed by atoms with Crippen LogP contribution in [0.25, 0.3) is 5.83 Å². The molecule has 0 bridgehead atoms. The maximum Gasteiger partial charge on any atom is 0.417 e. The largest absolute Gasteiger partial charge is 0.494 e. The minimum absolute atomic E-state index is 0.0694. The molecule has 3 rings (SSSR count). The van der Waals surface area contributed by atoms with Gasteiger partial charge in [-0.1, -0.05) is 40.9 Å². The number of halogens is 10. The second-order valence-electron chi connectivity index (χ2n) is 8.01. The van der Waals surface area contributed by atoms with E-state index in [-0.39, 0.29) is 38.9 Å². The van der Waals surface area contributed by atoms with Crippen LogP contribution in [0.3, 0.4) is 0 Å². The number of hydrazine groups is 1. The number of nitrogens with zero attached hydrogens (tertiary/aromatic N) is 3. The highest BCUT2D eigenvalue weighted by Crippen LogP contribution is 2.42. The third-order valence-corrected chi connectivity index (χ3v) is 6.49. The van der Waals surface area contributed by atoms with Gasteiger partial charge in [-0.15, -0.1) is 0 Å². The zero-order valence-corrected chi connectivity index (χ0v) is 22.4. The van der Waals surface area contributed by atoms with Crippen molar-refractivity contribution in [2.75, 3.05) is 19.2 Å². The second-order valence-corrected chi connectivity index (χ2v) is 9.21. The summed E-state index contributed by atoms with van der Waals surface area (Å²) in [6.07, 6.45) is -7.70. The lowest BCUT2D eigenvalue weighted by Crippen LogP contribution is -2.41. The predicted octanol–water partition coefficient (Wildman–Crippen LogP) is 7.90. The number of ether oxygens (including phenoxy) is 1. The van der Waals surface area contributed by atoms with Crippen molar-refractivity contribution in [3.05, 3.63) is 86.1 Å². The number of benzene rings is 2. The normalized spacial score (nSPS) is 13.2. The highest BCUT2D eigenvalue weighted by molar-refractivity contribution is 6.48. The van der Waals surface area contributed by atoms with Crippen LogP contribution in [0.2, 0.25) is 15.1 Å². The molecule has 0 aliphatic carbocycles. The first-order valence-corrected chi connectivity index (χ1v) is 11.9. The molecule has 1 heterocycles. The van der Waals surface area contributed by atoms with Gasteiger partial charge in [0.05, 0.1) is 45.7 Å². The number of carbonyl (C=O) groups is 1. The lowest BCUT2D eigenvalue weighted by atomic mass is 9.95. The third-order valence-electron chi connectivity index (χ3n) is 5.30. The van der Waals surface area contributed by atoms with E-state index in [2.05, 4.69) is 15.4 Å². The van der Waals surface area contributed by atoms with Crippen LogP contribution in [-0.2, 0) is 6.18 Å². The minimum Gasteiger partial charge on any atom is -0.494 e. The Labute approximate surface area is 237 Å². The van der Waals surface area contributed by atoms with E-state index in [9.17, 15) is 31.1 Å². The van der Waals surface area contributed by atoms with Gasteiger partial charge in [-0.3, -0.25) is 15.2 Å². The zero-order chi connectivity index (χ0) is 30.0. The van der Waals surface area contributed by atoms with E-state index >= 15 is 4.39 Å². The molecule has 2 aromatic carbocycles. The number of rotatable bonds is 7. The second kappa shape index (κ2) is 12.1. The molecule has 1 amide bonds. The summed E-state index contributed by atoms with van der Waals surface area (Å²) >= 11 is 17.4. The first-order chi connectivity index (χ1) is 18.5. The van der Waals surface area contributed by atoms with Crippen LogP contribution >= 0.6 is 34.8 Å². The molecular formula is C24H16Cl3F7N4O2. The summed E-state index contributed by atoms with van der Waals surface area (Å²) in [7, 11) is 2.60. The SMILES string of the molecule is COc1cnc(N(C)NC(=O)c2ccc(/C(F)=C/C(c3cc(Cl)c(Cl)c(Cl)c3)C(F)(F)F)cc2C(F)(F)F)nc1. The van der Waals surface area contributed by atoms with Gasteiger partial charge in [0, 0.05) is 12.6 Å². The molecule has 1 unspecified atom stereocenters. The maximum atomic E-state index is 15.0. The molecule has 0 fully saturated rings. The van der Waals surface area contributed by atoms with Gasteiger partial charge in [0.2, 0.25) is 5.95 Å². The zero-order valence-electron chi connectivity index (χ0n) is 20.1. The summed E-state index contributed by atoms with van der Waals surface area (Å²) in [5, 5.41) is 0.0105. The van der Waals surface area contributed by atoms with E-state index in [0.29, 0.717) is 6.07 Å². The van der Waals surface area contributed by atoms with Gasteiger partial charge in [-0.25, -0.2) is 14.4 Å². The van der Waals surface area contributed by atoms with E-state index in [1.807, 2.05) is 0 Å². The van der Waals surface area contributed by atoms with E-state index in [0.717, 1.165) is 23.2 Å².